The number of carbonyl (C=O) groups is 1. The number of terminal acetylenes is 1. The summed E-state index contributed by atoms with van der Waals surface area (Å²) in [7, 11) is 0. The largest absolute Gasteiger partial charge is 0.466 e. The maximum absolute atomic E-state index is 12.9. The van der Waals surface area contributed by atoms with Crippen molar-refractivity contribution in [1.29, 1.82) is 0 Å². The lowest BCUT2D eigenvalue weighted by Crippen LogP contribution is -2.50. The molecule has 2 aliphatic heterocycles. The Balaban J connectivity index is 1.73. The lowest BCUT2D eigenvalue weighted by atomic mass is 9.74. The number of aryl methyl sites for hydroxylation is 1. The molecule has 0 N–H and O–H groups in total. The highest BCUT2D eigenvalue weighted by atomic mass is 16.6. The van der Waals surface area contributed by atoms with Gasteiger partial charge in [0.1, 0.15) is 6.10 Å². The Kier molecular flexibility index (Phi) is 6.18. The fraction of sp³-hybridized carbons (Fsp3) is 0.545. The van der Waals surface area contributed by atoms with E-state index in [4.69, 9.17) is 16.0 Å². The number of esters is 1. The molecule has 27 heavy (non-hydrogen) atoms. The third-order valence-corrected chi connectivity index (χ3v) is 5.49. The van der Waals surface area contributed by atoms with E-state index in [1.165, 1.54) is 5.56 Å². The van der Waals surface area contributed by atoms with E-state index in [0.29, 0.717) is 32.5 Å². The summed E-state index contributed by atoms with van der Waals surface area (Å²) in [5.41, 5.74) is 2.67. The van der Waals surface area contributed by atoms with Gasteiger partial charge in [-0.15, -0.1) is 6.42 Å². The first-order valence-electron chi connectivity index (χ1n) is 9.69. The molecule has 5 heteroatoms. The molecular formula is C22H28N2O3. The zero-order chi connectivity index (χ0) is 19.3. The zero-order valence-corrected chi connectivity index (χ0v) is 16.2. The predicted molar refractivity (Wildman–Crippen MR) is 105 cm³/mol. The molecule has 0 saturated carbocycles. The zero-order valence-electron chi connectivity index (χ0n) is 16.2. The van der Waals surface area contributed by atoms with Gasteiger partial charge in [0.15, 0.2) is 0 Å². The van der Waals surface area contributed by atoms with Crippen molar-refractivity contribution in [1.82, 2.24) is 4.90 Å². The van der Waals surface area contributed by atoms with Crippen LogP contribution in [0.3, 0.4) is 0 Å². The number of likely N-dealkylation sites (tertiary alicyclic amines) is 1. The summed E-state index contributed by atoms with van der Waals surface area (Å²) in [6.45, 7) is 6.39. The van der Waals surface area contributed by atoms with E-state index in [0.717, 1.165) is 30.7 Å². The Morgan fingerprint density at radius 1 is 1.48 bits per heavy atom. The molecule has 1 aromatic carbocycles. The van der Waals surface area contributed by atoms with E-state index in [-0.39, 0.29) is 12.1 Å². The standard InChI is InChI=1S/C22H28N2O3/c1-4-12-24-13-8-11-22(16-24,21(25)26-5-2)15-18-14-20(23-27-18)19-10-7-6-9-17(19)3/h1,6-7,9-10,18H,5,8,11-16H2,2-3H3/t18-,22-/m1/s1. The van der Waals surface area contributed by atoms with Crippen LogP contribution in [0.15, 0.2) is 29.4 Å². The molecule has 0 aliphatic carbocycles. The van der Waals surface area contributed by atoms with E-state index < -0.39 is 5.41 Å². The smallest absolute Gasteiger partial charge is 0.313 e. The van der Waals surface area contributed by atoms with E-state index in [1.807, 2.05) is 19.1 Å². The Labute approximate surface area is 161 Å². The highest BCUT2D eigenvalue weighted by molar-refractivity contribution is 6.02. The fourth-order valence-electron chi connectivity index (χ4n) is 4.22. The number of piperidine rings is 1. The van der Waals surface area contributed by atoms with Crippen LogP contribution in [-0.4, -0.2) is 48.9 Å². The van der Waals surface area contributed by atoms with Crippen LogP contribution in [0, 0.1) is 24.7 Å². The van der Waals surface area contributed by atoms with Crippen LogP contribution in [0.1, 0.15) is 43.7 Å². The first-order chi connectivity index (χ1) is 13.1. The molecule has 1 fully saturated rings. The van der Waals surface area contributed by atoms with Crippen molar-refractivity contribution in [2.75, 3.05) is 26.2 Å². The van der Waals surface area contributed by atoms with Gasteiger partial charge in [0.25, 0.3) is 0 Å². The number of carbonyl (C=O) groups excluding carboxylic acids is 1. The van der Waals surface area contributed by atoms with Crippen molar-refractivity contribution in [2.45, 2.75) is 45.6 Å². The SMILES string of the molecule is C#CCN1CCC[C@](C[C@H]2CC(c3ccccc3C)=NO2)(C(=O)OCC)C1. The van der Waals surface area contributed by atoms with Crippen LogP contribution in [0.25, 0.3) is 0 Å². The van der Waals surface area contributed by atoms with Crippen molar-refractivity contribution < 1.29 is 14.4 Å². The summed E-state index contributed by atoms with van der Waals surface area (Å²) in [5, 5.41) is 4.32. The van der Waals surface area contributed by atoms with Crippen LogP contribution in [0.5, 0.6) is 0 Å². The Morgan fingerprint density at radius 2 is 2.30 bits per heavy atom. The first-order valence-corrected chi connectivity index (χ1v) is 9.69. The van der Waals surface area contributed by atoms with E-state index in [1.54, 1.807) is 0 Å². The van der Waals surface area contributed by atoms with Gasteiger partial charge >= 0.3 is 5.97 Å². The van der Waals surface area contributed by atoms with Gasteiger partial charge in [-0.05, 0) is 38.8 Å². The second kappa shape index (κ2) is 8.58. The molecule has 0 bridgehead atoms. The number of rotatable bonds is 6. The molecule has 3 rings (SSSR count). The lowest BCUT2D eigenvalue weighted by Gasteiger charge is -2.41. The van der Waals surface area contributed by atoms with Gasteiger partial charge in [0.2, 0.25) is 0 Å². The van der Waals surface area contributed by atoms with E-state index >= 15 is 0 Å². The molecule has 2 atom stereocenters. The highest BCUT2D eigenvalue weighted by Gasteiger charge is 2.46. The van der Waals surface area contributed by atoms with Crippen LogP contribution in [0.4, 0.5) is 0 Å². The van der Waals surface area contributed by atoms with Gasteiger partial charge < -0.3 is 9.57 Å². The van der Waals surface area contributed by atoms with Crippen molar-refractivity contribution in [3.63, 3.8) is 0 Å². The Hall–Kier alpha value is -2.32. The number of ether oxygens (including phenoxy) is 1. The minimum absolute atomic E-state index is 0.116. The molecule has 2 aliphatic rings. The lowest BCUT2D eigenvalue weighted by molar-refractivity contribution is -0.162. The van der Waals surface area contributed by atoms with Gasteiger partial charge in [0.05, 0.1) is 24.3 Å². The quantitative estimate of drug-likeness (QED) is 0.572. The number of nitrogens with zero attached hydrogens (tertiary/aromatic N) is 2. The van der Waals surface area contributed by atoms with Crippen LogP contribution < -0.4 is 0 Å². The molecule has 0 spiro atoms. The van der Waals surface area contributed by atoms with Gasteiger partial charge in [-0.2, -0.15) is 0 Å². The summed E-state index contributed by atoms with van der Waals surface area (Å²) in [4.78, 5) is 20.8. The van der Waals surface area contributed by atoms with Crippen molar-refractivity contribution in [2.24, 2.45) is 10.6 Å². The molecule has 0 amide bonds. The second-order valence-corrected chi connectivity index (χ2v) is 7.51. The van der Waals surface area contributed by atoms with Crippen molar-refractivity contribution in [3.8, 4) is 12.3 Å². The molecule has 2 heterocycles. The predicted octanol–water partition coefficient (Wildman–Crippen LogP) is 3.16. The number of oxime groups is 1. The number of hydrogen-bond donors (Lipinski definition) is 0. The minimum atomic E-state index is -0.577. The number of benzene rings is 1. The molecular weight excluding hydrogens is 340 g/mol. The van der Waals surface area contributed by atoms with Crippen molar-refractivity contribution in [3.05, 3.63) is 35.4 Å². The minimum Gasteiger partial charge on any atom is -0.466 e. The first kappa shape index (κ1) is 19.4. The maximum Gasteiger partial charge on any atom is 0.313 e. The van der Waals surface area contributed by atoms with E-state index in [2.05, 4.69) is 35.0 Å². The van der Waals surface area contributed by atoms with E-state index in [9.17, 15) is 4.79 Å². The summed E-state index contributed by atoms with van der Waals surface area (Å²) in [6, 6.07) is 8.17. The molecule has 1 aromatic rings. The summed E-state index contributed by atoms with van der Waals surface area (Å²) in [6.07, 6.45) is 8.42. The van der Waals surface area contributed by atoms with Gasteiger partial charge in [0, 0.05) is 24.9 Å². The summed E-state index contributed by atoms with van der Waals surface area (Å²) in [5.74, 6) is 2.56. The molecule has 5 nitrogen and oxygen atoms in total. The monoisotopic (exact) mass is 368 g/mol. The van der Waals surface area contributed by atoms with Gasteiger partial charge in [-0.1, -0.05) is 35.3 Å². The molecule has 0 radical (unpaired) electrons. The van der Waals surface area contributed by atoms with Crippen LogP contribution >= 0.6 is 0 Å². The van der Waals surface area contributed by atoms with Gasteiger partial charge in [-0.25, -0.2) is 0 Å². The molecule has 1 saturated heterocycles. The molecule has 0 aromatic heterocycles. The highest BCUT2D eigenvalue weighted by Crippen LogP contribution is 2.39. The van der Waals surface area contributed by atoms with Crippen LogP contribution in [-0.2, 0) is 14.4 Å². The maximum atomic E-state index is 12.9. The molecule has 0 unspecified atom stereocenters. The second-order valence-electron chi connectivity index (χ2n) is 7.51. The van der Waals surface area contributed by atoms with Gasteiger partial charge in [-0.3, -0.25) is 9.69 Å². The number of hydrogen-bond acceptors (Lipinski definition) is 5. The van der Waals surface area contributed by atoms with Crippen molar-refractivity contribution >= 4 is 11.7 Å². The normalized spacial score (nSPS) is 25.4. The topological polar surface area (TPSA) is 51.1 Å². The average Bonchev–Trinajstić information content (AvgIpc) is 3.11. The molecule has 144 valence electrons. The summed E-state index contributed by atoms with van der Waals surface area (Å²) >= 11 is 0. The third kappa shape index (κ3) is 4.33. The average molecular weight is 368 g/mol. The fourth-order valence-corrected chi connectivity index (χ4v) is 4.22. The van der Waals surface area contributed by atoms with Crippen LogP contribution in [0.2, 0.25) is 0 Å². The summed E-state index contributed by atoms with van der Waals surface area (Å²) < 4.78 is 5.44. The Bertz CT molecular complexity index is 752. The third-order valence-electron chi connectivity index (χ3n) is 5.49. The Morgan fingerprint density at radius 3 is 3.04 bits per heavy atom.